The third kappa shape index (κ3) is 12.3. The van der Waals surface area contributed by atoms with Crippen molar-refractivity contribution >= 4 is 63.3 Å². The van der Waals surface area contributed by atoms with Gasteiger partial charge in [-0.3, -0.25) is 29.0 Å². The maximum atomic E-state index is 14.2. The van der Waals surface area contributed by atoms with E-state index in [9.17, 15) is 33.9 Å². The van der Waals surface area contributed by atoms with Crippen LogP contribution in [0, 0.1) is 11.8 Å². The van der Waals surface area contributed by atoms with Crippen LogP contribution in [0.25, 0.3) is 44.1 Å². The molecule has 13 rings (SSSR count). The highest BCUT2D eigenvalue weighted by Crippen LogP contribution is 2.47. The zero-order valence-corrected chi connectivity index (χ0v) is 53.1. The lowest BCUT2D eigenvalue weighted by molar-refractivity contribution is -0.133. The summed E-state index contributed by atoms with van der Waals surface area (Å²) >= 11 is 0. The number of urea groups is 1. The number of hydrogen-bond donors (Lipinski definition) is 5. The quantitative estimate of drug-likeness (QED) is 0.0486. The van der Waals surface area contributed by atoms with Gasteiger partial charge in [0.1, 0.15) is 24.0 Å². The van der Waals surface area contributed by atoms with Gasteiger partial charge in [-0.1, -0.05) is 96.8 Å². The number of carbonyl (C=O) groups is 5. The number of H-pyrrole nitrogens is 1. The molecule has 2 atom stereocenters. The Balaban J connectivity index is 0.631. The number of hydrogen-bond acceptors (Lipinski definition) is 15. The number of aliphatic hydroxyl groups excluding tert-OH is 1. The van der Waals surface area contributed by atoms with E-state index in [1.54, 1.807) is 36.0 Å². The van der Waals surface area contributed by atoms with Crippen LogP contribution in [0.3, 0.4) is 0 Å². The van der Waals surface area contributed by atoms with E-state index in [4.69, 9.17) is 29.9 Å². The Morgan fingerprint density at radius 3 is 2.26 bits per heavy atom. The maximum absolute atomic E-state index is 14.2. The number of methoxy groups -OCH3 is 1. The van der Waals surface area contributed by atoms with Crippen molar-refractivity contribution in [1.82, 2.24) is 44.9 Å². The predicted molar refractivity (Wildman–Crippen MR) is 356 cm³/mol. The van der Waals surface area contributed by atoms with Crippen LogP contribution in [0.15, 0.2) is 139 Å². The van der Waals surface area contributed by atoms with Crippen molar-refractivity contribution in [2.24, 2.45) is 12.8 Å². The number of fused-ring (bicyclic) bond motifs is 5. The molecule has 5 aliphatic rings. The first-order valence-corrected chi connectivity index (χ1v) is 32.1. The number of aromatic amines is 1. The Morgan fingerprint density at radius 2 is 1.56 bits per heavy atom. The van der Waals surface area contributed by atoms with Gasteiger partial charge in [-0.05, 0) is 104 Å². The molecule has 94 heavy (non-hydrogen) atoms. The number of nitrogens with zero attached hydrogens (tertiary/aromatic N) is 8. The number of aliphatic hydroxyl groups is 1. The van der Waals surface area contributed by atoms with E-state index in [2.05, 4.69) is 50.2 Å². The molecule has 2 aliphatic carbocycles. The number of likely N-dealkylation sites (tertiary alicyclic amines) is 1. The summed E-state index contributed by atoms with van der Waals surface area (Å²) in [6.45, 7) is 5.15. The molecule has 1 saturated carbocycles. The van der Waals surface area contributed by atoms with E-state index in [0.29, 0.717) is 46.7 Å². The fourth-order valence-corrected chi connectivity index (χ4v) is 13.7. The van der Waals surface area contributed by atoms with Crippen LogP contribution >= 0.6 is 0 Å². The lowest BCUT2D eigenvalue weighted by Gasteiger charge is -2.45. The minimum absolute atomic E-state index is 0.0222. The number of pyridine rings is 1. The second-order valence-corrected chi connectivity index (χ2v) is 25.3. The molecule has 0 radical (unpaired) electrons. The number of nitrogens with one attached hydrogen (secondary N) is 3. The van der Waals surface area contributed by atoms with Crippen LogP contribution in [-0.2, 0) is 36.5 Å². The molecule has 22 nitrogen and oxygen atoms in total. The maximum Gasteiger partial charge on any atom is 0.411 e. The van der Waals surface area contributed by atoms with Gasteiger partial charge in [0, 0.05) is 110 Å². The number of ether oxygens (including phenoxy) is 3. The minimum atomic E-state index is -1.43. The monoisotopic (exact) mass is 1270 g/mol. The second-order valence-electron chi connectivity index (χ2n) is 25.3. The summed E-state index contributed by atoms with van der Waals surface area (Å²) in [5, 5.41) is 19.5. The van der Waals surface area contributed by atoms with E-state index in [0.717, 1.165) is 130 Å². The van der Waals surface area contributed by atoms with Gasteiger partial charge in [-0.15, -0.1) is 0 Å². The SMILES string of the molecule is COc1ccc(C#CCNC2(C)CCN(C3CCN(c4nc([C@@](CO)(OC5CC5)c5ccccc5)c5cc(-c6cn(C)c(=O)c7[nH]ccc67)ccc5n4)CC3)CC2)cc1N1CCC(=O)N(CNC(=O)[C@H](CC(N)=O)N(C)C(=O)OC2c3ccccc3-c3ccccc32)C1=O. The number of benzene rings is 5. The topological polar surface area (TPSA) is 263 Å². The second kappa shape index (κ2) is 26.2. The molecular weight excluding hydrogens is 1190 g/mol. The van der Waals surface area contributed by atoms with E-state index < -0.39 is 60.7 Å². The summed E-state index contributed by atoms with van der Waals surface area (Å²) in [6, 6.07) is 36.5. The number of likely N-dealkylation sites (N-methyl/N-ethyl adjacent to an activating group) is 1. The Bertz CT molecular complexity index is 4320. The number of imide groups is 1. The zero-order chi connectivity index (χ0) is 65.4. The van der Waals surface area contributed by atoms with Crippen molar-refractivity contribution in [3.63, 3.8) is 0 Å². The van der Waals surface area contributed by atoms with Crippen molar-refractivity contribution in [2.45, 2.75) is 93.7 Å². The van der Waals surface area contributed by atoms with Crippen molar-refractivity contribution in [2.75, 3.05) is 76.5 Å². The standard InChI is InChI=1S/C72H76N12O10/c1-71(76-32-12-13-45-20-25-60(92-4)58(39-45)83-36-29-62(87)84(69(83)90)44-75-66(88)59(41-61(73)86)80(3)70(91)93-64-53-18-10-8-16-50(53)51-17-9-11-19-54(51)64)30-37-81(38-31-71)48-27-34-82(35-28-48)68-77-57-24-21-46(56-42-79(2)67(89)63-52(56)26-33-74-63)40-55(57)65(78-68)72(43-85,94-49-22-23-49)47-14-6-5-7-15-47/h5-11,14-21,24-26,33,39-40,42,48-49,59,64,74,76,85H,22-23,27-32,34-38,41,43-44H2,1-4H3,(H2,73,86)(H,75,88)/t59-,72-/m0/s1. The van der Waals surface area contributed by atoms with Gasteiger partial charge in [-0.2, -0.15) is 0 Å². The molecular formula is C72H76N12O10. The van der Waals surface area contributed by atoms with Crippen molar-refractivity contribution in [3.8, 4) is 39.8 Å². The Hall–Kier alpha value is -9.92. The van der Waals surface area contributed by atoms with Gasteiger partial charge >= 0.3 is 12.1 Å². The first kappa shape index (κ1) is 62.9. The van der Waals surface area contributed by atoms with Crippen LogP contribution in [0.2, 0.25) is 0 Å². The zero-order valence-electron chi connectivity index (χ0n) is 53.1. The van der Waals surface area contributed by atoms with Crippen LogP contribution in [-0.4, -0.2) is 160 Å². The predicted octanol–water partition coefficient (Wildman–Crippen LogP) is 7.68. The van der Waals surface area contributed by atoms with E-state index in [-0.39, 0.29) is 36.8 Å². The molecule has 5 aromatic carbocycles. The normalized spacial score (nSPS) is 17.6. The number of rotatable bonds is 19. The molecule has 3 aromatic heterocycles. The Kier molecular flexibility index (Phi) is 17.5. The summed E-state index contributed by atoms with van der Waals surface area (Å²) in [6.07, 6.45) is 6.84. The Morgan fingerprint density at radius 1 is 0.851 bits per heavy atom. The summed E-state index contributed by atoms with van der Waals surface area (Å²) in [5.41, 5.74) is 12.9. The third-order valence-electron chi connectivity index (χ3n) is 19.3. The Labute approximate surface area is 544 Å². The molecule has 6 N–H and O–H groups in total. The van der Waals surface area contributed by atoms with Gasteiger partial charge in [0.15, 0.2) is 11.7 Å². The van der Waals surface area contributed by atoms with Gasteiger partial charge in [0.2, 0.25) is 23.7 Å². The summed E-state index contributed by atoms with van der Waals surface area (Å²) in [7, 11) is 4.56. The highest BCUT2D eigenvalue weighted by molar-refractivity contribution is 6.07. The molecule has 484 valence electrons. The van der Waals surface area contributed by atoms with E-state index in [1.165, 1.54) is 19.1 Å². The van der Waals surface area contributed by atoms with Crippen molar-refractivity contribution < 1.29 is 43.3 Å². The molecule has 3 aliphatic heterocycles. The number of piperidine rings is 2. The highest BCUT2D eigenvalue weighted by atomic mass is 16.6. The van der Waals surface area contributed by atoms with Gasteiger partial charge in [-0.25, -0.2) is 24.5 Å². The van der Waals surface area contributed by atoms with Crippen molar-refractivity contribution in [1.29, 1.82) is 0 Å². The van der Waals surface area contributed by atoms with Gasteiger partial charge < -0.3 is 55.0 Å². The first-order valence-electron chi connectivity index (χ1n) is 32.1. The summed E-state index contributed by atoms with van der Waals surface area (Å²) < 4.78 is 20.2. The molecule has 0 spiro atoms. The van der Waals surface area contributed by atoms with E-state index in [1.807, 2.05) is 103 Å². The number of aromatic nitrogens is 4. The fourth-order valence-electron chi connectivity index (χ4n) is 13.7. The lowest BCUT2D eigenvalue weighted by atomic mass is 9.87. The lowest BCUT2D eigenvalue weighted by Crippen LogP contribution is -2.58. The molecule has 6 amide bonds. The number of primary amides is 1. The van der Waals surface area contributed by atoms with Gasteiger partial charge in [0.05, 0.1) is 49.7 Å². The molecule has 8 aromatic rings. The van der Waals surface area contributed by atoms with Crippen LogP contribution in [0.5, 0.6) is 5.75 Å². The molecule has 3 saturated heterocycles. The van der Waals surface area contributed by atoms with Crippen LogP contribution in [0.4, 0.5) is 21.2 Å². The number of amides is 6. The molecule has 0 bridgehead atoms. The summed E-state index contributed by atoms with van der Waals surface area (Å²) in [5.74, 6) is 5.29. The fraction of sp³-hybridized carbons (Fsp3) is 0.361. The summed E-state index contributed by atoms with van der Waals surface area (Å²) in [4.78, 5) is 103. The third-order valence-corrected chi connectivity index (χ3v) is 19.3. The molecule has 22 heteroatoms. The number of carbonyl (C=O) groups excluding carboxylic acids is 5. The smallest absolute Gasteiger partial charge is 0.411 e. The number of aryl methyl sites for hydroxylation is 1. The highest BCUT2D eigenvalue weighted by Gasteiger charge is 2.45. The molecule has 4 fully saturated rings. The van der Waals surface area contributed by atoms with Crippen LogP contribution in [0.1, 0.15) is 92.3 Å². The molecule has 0 unspecified atom stereocenters. The van der Waals surface area contributed by atoms with Crippen molar-refractivity contribution in [3.05, 3.63) is 172 Å². The number of anilines is 2. The average Bonchev–Trinajstić information content (AvgIpc) is 1.08. The first-order chi connectivity index (χ1) is 45.5. The van der Waals surface area contributed by atoms with Crippen LogP contribution < -0.4 is 36.5 Å². The minimum Gasteiger partial charge on any atom is -0.495 e. The van der Waals surface area contributed by atoms with Gasteiger partial charge in [0.25, 0.3) is 5.56 Å². The number of nitrogens with two attached hydrogens (primary N) is 1. The van der Waals surface area contributed by atoms with E-state index >= 15 is 0 Å². The largest absolute Gasteiger partial charge is 0.495 e. The average molecular weight is 1270 g/mol. The molecule has 6 heterocycles.